The first-order chi connectivity index (χ1) is 6.75. The molecule has 1 nitrogen and oxygen atoms in total. The molecule has 1 heteroatoms. The van der Waals surface area contributed by atoms with Crippen LogP contribution in [0, 0.1) is 5.92 Å². The smallest absolute Gasteiger partial charge is 0.0274 e. The molecule has 0 saturated heterocycles. The highest BCUT2D eigenvalue weighted by Crippen LogP contribution is 2.30. The van der Waals surface area contributed by atoms with Gasteiger partial charge in [-0.15, -0.1) is 0 Å². The second-order valence-electron chi connectivity index (χ2n) is 4.90. The van der Waals surface area contributed by atoms with Gasteiger partial charge >= 0.3 is 0 Å². The van der Waals surface area contributed by atoms with Gasteiger partial charge in [-0.2, -0.15) is 0 Å². The molecule has 0 spiro atoms. The van der Waals surface area contributed by atoms with Gasteiger partial charge in [0.25, 0.3) is 0 Å². The molecular weight excluding hydrogens is 170 g/mol. The minimum atomic E-state index is 0.604. The van der Waals surface area contributed by atoms with Crippen molar-refractivity contribution in [3.8, 4) is 0 Å². The van der Waals surface area contributed by atoms with Crippen LogP contribution in [0.2, 0.25) is 0 Å². The fourth-order valence-corrected chi connectivity index (χ4v) is 2.08. The fraction of sp³-hybridized carbons (Fsp3) is 0.692. The molecule has 0 atom stereocenters. The molecule has 1 aromatic rings. The van der Waals surface area contributed by atoms with Crippen molar-refractivity contribution >= 4 is 0 Å². The predicted octanol–water partition coefficient (Wildman–Crippen LogP) is 3.80. The van der Waals surface area contributed by atoms with Crippen molar-refractivity contribution in [3.05, 3.63) is 24.0 Å². The highest BCUT2D eigenvalue weighted by Gasteiger charge is 2.16. The fourth-order valence-electron chi connectivity index (χ4n) is 2.08. The van der Waals surface area contributed by atoms with Gasteiger partial charge in [-0.25, -0.2) is 0 Å². The Morgan fingerprint density at radius 2 is 2.21 bits per heavy atom. The maximum absolute atomic E-state index is 2.31. The molecule has 0 aromatic carbocycles. The van der Waals surface area contributed by atoms with Crippen LogP contribution in [0.5, 0.6) is 0 Å². The zero-order chi connectivity index (χ0) is 9.97. The Bertz CT molecular complexity index is 281. The lowest BCUT2D eigenvalue weighted by Crippen LogP contribution is -2.11. The van der Waals surface area contributed by atoms with Crippen molar-refractivity contribution in [3.63, 3.8) is 0 Å². The quantitative estimate of drug-likeness (QED) is 0.682. The number of hydrogen-bond acceptors (Lipinski definition) is 0. The van der Waals surface area contributed by atoms with Gasteiger partial charge in [0.05, 0.1) is 0 Å². The van der Waals surface area contributed by atoms with Crippen molar-refractivity contribution in [2.24, 2.45) is 5.92 Å². The number of aromatic nitrogens is 1. The van der Waals surface area contributed by atoms with Gasteiger partial charge in [0.1, 0.15) is 0 Å². The van der Waals surface area contributed by atoms with Crippen LogP contribution < -0.4 is 0 Å². The molecule has 1 aliphatic rings. The van der Waals surface area contributed by atoms with Gasteiger partial charge in [-0.3, -0.25) is 0 Å². The Morgan fingerprint density at radius 3 is 2.71 bits per heavy atom. The van der Waals surface area contributed by atoms with Crippen LogP contribution in [-0.4, -0.2) is 4.57 Å². The summed E-state index contributed by atoms with van der Waals surface area (Å²) in [5.41, 5.74) is 1.52. The molecule has 1 fully saturated rings. The van der Waals surface area contributed by atoms with E-state index in [4.69, 9.17) is 0 Å². The molecule has 0 bridgehead atoms. The van der Waals surface area contributed by atoms with Crippen molar-refractivity contribution < 1.29 is 0 Å². The molecule has 0 N–H and O–H groups in total. The molecule has 78 valence electrons. The van der Waals surface area contributed by atoms with E-state index in [0.717, 1.165) is 5.92 Å². The van der Waals surface area contributed by atoms with Crippen LogP contribution >= 0.6 is 0 Å². The molecule has 2 rings (SSSR count). The monoisotopic (exact) mass is 191 g/mol. The maximum Gasteiger partial charge on any atom is 0.0274 e. The highest BCUT2D eigenvalue weighted by atomic mass is 15.0. The Labute approximate surface area is 87.1 Å². The summed E-state index contributed by atoms with van der Waals surface area (Å²) in [7, 11) is 0. The zero-order valence-corrected chi connectivity index (χ0v) is 9.37. The average molecular weight is 191 g/mol. The van der Waals surface area contributed by atoms with E-state index >= 15 is 0 Å². The molecule has 0 radical (unpaired) electrons. The first-order valence-corrected chi connectivity index (χ1v) is 5.92. The van der Waals surface area contributed by atoms with Gasteiger partial charge < -0.3 is 4.57 Å². The van der Waals surface area contributed by atoms with E-state index in [-0.39, 0.29) is 0 Å². The van der Waals surface area contributed by atoms with Crippen LogP contribution in [0.4, 0.5) is 0 Å². The van der Waals surface area contributed by atoms with Gasteiger partial charge in [0, 0.05) is 18.4 Å². The largest absolute Gasteiger partial charge is 0.352 e. The minimum absolute atomic E-state index is 0.604. The lowest BCUT2D eigenvalue weighted by atomic mass is 9.81. The van der Waals surface area contributed by atoms with E-state index in [1.807, 2.05) is 0 Å². The molecule has 0 amide bonds. The Kier molecular flexibility index (Phi) is 2.95. The van der Waals surface area contributed by atoms with E-state index in [2.05, 4.69) is 36.9 Å². The summed E-state index contributed by atoms with van der Waals surface area (Å²) in [6.07, 6.45) is 11.6. The minimum Gasteiger partial charge on any atom is -0.352 e. The van der Waals surface area contributed by atoms with Crippen molar-refractivity contribution in [2.45, 2.75) is 52.0 Å². The summed E-state index contributed by atoms with van der Waals surface area (Å²) in [6, 6.07) is 2.88. The SMILES string of the molecule is CC(C)n1ccc(CCC2CCC2)c1. The number of rotatable bonds is 4. The van der Waals surface area contributed by atoms with Crippen molar-refractivity contribution in [1.29, 1.82) is 0 Å². The first-order valence-electron chi connectivity index (χ1n) is 5.92. The van der Waals surface area contributed by atoms with E-state index in [9.17, 15) is 0 Å². The third-order valence-electron chi connectivity index (χ3n) is 3.44. The van der Waals surface area contributed by atoms with Crippen LogP contribution in [0.3, 0.4) is 0 Å². The van der Waals surface area contributed by atoms with Gasteiger partial charge in [0.15, 0.2) is 0 Å². The lowest BCUT2D eigenvalue weighted by molar-refractivity contribution is 0.296. The Hall–Kier alpha value is -0.720. The molecule has 0 aliphatic heterocycles. The van der Waals surface area contributed by atoms with Gasteiger partial charge in [0.2, 0.25) is 0 Å². The Balaban J connectivity index is 1.83. The molecule has 14 heavy (non-hydrogen) atoms. The predicted molar refractivity (Wildman–Crippen MR) is 60.5 cm³/mol. The van der Waals surface area contributed by atoms with Gasteiger partial charge in [-0.1, -0.05) is 19.3 Å². The normalized spacial score (nSPS) is 17.4. The van der Waals surface area contributed by atoms with Crippen molar-refractivity contribution in [1.82, 2.24) is 4.57 Å². The standard InChI is InChI=1S/C13H21N/c1-11(2)14-9-8-13(10-14)7-6-12-4-3-5-12/h8-12H,3-7H2,1-2H3. The topological polar surface area (TPSA) is 4.93 Å². The van der Waals surface area contributed by atoms with E-state index in [1.54, 1.807) is 0 Å². The average Bonchev–Trinajstić information content (AvgIpc) is 2.50. The number of hydrogen-bond donors (Lipinski definition) is 0. The van der Waals surface area contributed by atoms with Crippen molar-refractivity contribution in [2.75, 3.05) is 0 Å². The number of aryl methyl sites for hydroxylation is 1. The van der Waals surface area contributed by atoms with Crippen LogP contribution in [-0.2, 0) is 6.42 Å². The zero-order valence-electron chi connectivity index (χ0n) is 9.37. The van der Waals surface area contributed by atoms with Crippen LogP contribution in [0.25, 0.3) is 0 Å². The van der Waals surface area contributed by atoms with Crippen LogP contribution in [0.1, 0.15) is 51.1 Å². The summed E-state index contributed by atoms with van der Waals surface area (Å²) in [4.78, 5) is 0. The second kappa shape index (κ2) is 4.20. The molecular formula is C13H21N. The summed E-state index contributed by atoms with van der Waals surface area (Å²) < 4.78 is 2.30. The van der Waals surface area contributed by atoms with E-state index < -0.39 is 0 Å². The first kappa shape index (κ1) is 9.82. The molecule has 1 saturated carbocycles. The molecule has 1 heterocycles. The van der Waals surface area contributed by atoms with Gasteiger partial charge in [-0.05, 0) is 44.2 Å². The van der Waals surface area contributed by atoms with E-state index in [0.29, 0.717) is 6.04 Å². The highest BCUT2D eigenvalue weighted by molar-refractivity contribution is 5.11. The number of nitrogens with zero attached hydrogens (tertiary/aromatic N) is 1. The van der Waals surface area contributed by atoms with Crippen LogP contribution in [0.15, 0.2) is 18.5 Å². The summed E-state index contributed by atoms with van der Waals surface area (Å²) in [5, 5.41) is 0. The van der Waals surface area contributed by atoms with E-state index in [1.165, 1.54) is 37.7 Å². The summed E-state index contributed by atoms with van der Waals surface area (Å²) >= 11 is 0. The Morgan fingerprint density at radius 1 is 1.43 bits per heavy atom. The summed E-state index contributed by atoms with van der Waals surface area (Å²) in [5.74, 6) is 1.04. The summed E-state index contributed by atoms with van der Waals surface area (Å²) in [6.45, 7) is 4.46. The maximum atomic E-state index is 2.31. The third-order valence-corrected chi connectivity index (χ3v) is 3.44. The molecule has 1 aromatic heterocycles. The molecule has 0 unspecified atom stereocenters. The third kappa shape index (κ3) is 2.20. The molecule has 1 aliphatic carbocycles. The second-order valence-corrected chi connectivity index (χ2v) is 4.90. The lowest BCUT2D eigenvalue weighted by Gasteiger charge is -2.24.